The molecule has 0 aliphatic rings. The van der Waals surface area contributed by atoms with Crippen LogP contribution in [0.2, 0.25) is 0 Å². The zero-order chi connectivity index (χ0) is 21.1. The summed E-state index contributed by atoms with van der Waals surface area (Å²) in [4.78, 5) is 13.1. The SMILES string of the molecule is COc1cccc(C(=O)N[C@H](c2ccc(C)cc2)c2c(O)ccc3ccccc23)c1. The van der Waals surface area contributed by atoms with Gasteiger partial charge >= 0.3 is 0 Å². The maximum Gasteiger partial charge on any atom is 0.252 e. The summed E-state index contributed by atoms with van der Waals surface area (Å²) < 4.78 is 5.25. The van der Waals surface area contributed by atoms with Crippen molar-refractivity contribution >= 4 is 16.7 Å². The van der Waals surface area contributed by atoms with E-state index in [0.29, 0.717) is 16.9 Å². The first-order valence-corrected chi connectivity index (χ1v) is 9.79. The Hall–Kier alpha value is -3.79. The fraction of sp³-hybridized carbons (Fsp3) is 0.115. The summed E-state index contributed by atoms with van der Waals surface area (Å²) in [5.41, 5.74) is 3.18. The van der Waals surface area contributed by atoms with E-state index in [0.717, 1.165) is 21.9 Å². The van der Waals surface area contributed by atoms with Crippen LogP contribution < -0.4 is 10.1 Å². The predicted molar refractivity (Wildman–Crippen MR) is 119 cm³/mol. The molecule has 0 aromatic heterocycles. The number of carbonyl (C=O) groups is 1. The average molecular weight is 397 g/mol. The van der Waals surface area contributed by atoms with Crippen molar-refractivity contribution in [1.29, 1.82) is 0 Å². The van der Waals surface area contributed by atoms with Crippen molar-refractivity contribution < 1.29 is 14.6 Å². The monoisotopic (exact) mass is 397 g/mol. The van der Waals surface area contributed by atoms with E-state index >= 15 is 0 Å². The summed E-state index contributed by atoms with van der Waals surface area (Å²) in [6, 6.07) is 25.9. The van der Waals surface area contributed by atoms with Crippen molar-refractivity contribution in [3.8, 4) is 11.5 Å². The minimum atomic E-state index is -0.518. The quantitative estimate of drug-likeness (QED) is 0.475. The van der Waals surface area contributed by atoms with Gasteiger partial charge in [-0.05, 0) is 47.5 Å². The van der Waals surface area contributed by atoms with E-state index in [1.165, 1.54) is 0 Å². The first kappa shape index (κ1) is 19.5. The van der Waals surface area contributed by atoms with E-state index in [2.05, 4.69) is 5.32 Å². The zero-order valence-corrected chi connectivity index (χ0v) is 16.9. The molecule has 0 heterocycles. The second-order valence-corrected chi connectivity index (χ2v) is 7.27. The van der Waals surface area contributed by atoms with Gasteiger partial charge in [0, 0.05) is 11.1 Å². The molecule has 0 unspecified atom stereocenters. The van der Waals surface area contributed by atoms with Gasteiger partial charge in [0.05, 0.1) is 13.2 Å². The second-order valence-electron chi connectivity index (χ2n) is 7.27. The molecule has 4 aromatic rings. The minimum absolute atomic E-state index is 0.144. The van der Waals surface area contributed by atoms with Crippen molar-refractivity contribution in [1.82, 2.24) is 5.32 Å². The average Bonchev–Trinajstić information content (AvgIpc) is 2.78. The van der Waals surface area contributed by atoms with Crippen LogP contribution in [-0.4, -0.2) is 18.1 Å². The molecule has 0 aliphatic carbocycles. The fourth-order valence-electron chi connectivity index (χ4n) is 3.65. The van der Waals surface area contributed by atoms with Gasteiger partial charge in [0.25, 0.3) is 5.91 Å². The highest BCUT2D eigenvalue weighted by molar-refractivity contribution is 5.96. The van der Waals surface area contributed by atoms with Crippen molar-refractivity contribution in [3.63, 3.8) is 0 Å². The number of phenols is 1. The molecule has 4 rings (SSSR count). The number of hydrogen-bond donors (Lipinski definition) is 2. The number of rotatable bonds is 5. The number of fused-ring (bicyclic) bond motifs is 1. The van der Waals surface area contributed by atoms with Gasteiger partial charge in [-0.3, -0.25) is 4.79 Å². The number of hydrogen-bond acceptors (Lipinski definition) is 3. The number of aryl methyl sites for hydroxylation is 1. The fourth-order valence-corrected chi connectivity index (χ4v) is 3.65. The lowest BCUT2D eigenvalue weighted by Crippen LogP contribution is -2.29. The molecule has 4 heteroatoms. The molecule has 0 fully saturated rings. The number of benzene rings is 4. The van der Waals surface area contributed by atoms with Gasteiger partial charge in [-0.15, -0.1) is 0 Å². The van der Waals surface area contributed by atoms with Gasteiger partial charge in [0.15, 0.2) is 0 Å². The first-order chi connectivity index (χ1) is 14.6. The number of carbonyl (C=O) groups excluding carboxylic acids is 1. The lowest BCUT2D eigenvalue weighted by molar-refractivity contribution is 0.0942. The van der Waals surface area contributed by atoms with Crippen molar-refractivity contribution in [2.75, 3.05) is 7.11 Å². The van der Waals surface area contributed by atoms with E-state index in [9.17, 15) is 9.90 Å². The van der Waals surface area contributed by atoms with Crippen LogP contribution in [0, 0.1) is 6.92 Å². The highest BCUT2D eigenvalue weighted by Gasteiger charge is 2.23. The van der Waals surface area contributed by atoms with E-state index in [1.54, 1.807) is 37.4 Å². The van der Waals surface area contributed by atoms with Gasteiger partial charge in [0.1, 0.15) is 11.5 Å². The molecule has 0 bridgehead atoms. The van der Waals surface area contributed by atoms with Gasteiger partial charge in [-0.2, -0.15) is 0 Å². The van der Waals surface area contributed by atoms with E-state index < -0.39 is 6.04 Å². The largest absolute Gasteiger partial charge is 0.508 e. The topological polar surface area (TPSA) is 58.6 Å². The molecular formula is C26H23NO3. The highest BCUT2D eigenvalue weighted by Crippen LogP contribution is 2.36. The molecule has 1 atom stereocenters. The summed E-state index contributed by atoms with van der Waals surface area (Å²) >= 11 is 0. The zero-order valence-electron chi connectivity index (χ0n) is 16.9. The molecule has 1 amide bonds. The summed E-state index contributed by atoms with van der Waals surface area (Å²) in [6.45, 7) is 2.02. The summed E-state index contributed by atoms with van der Waals surface area (Å²) in [5.74, 6) is 0.513. The first-order valence-electron chi connectivity index (χ1n) is 9.79. The van der Waals surface area contributed by atoms with Crippen molar-refractivity contribution in [2.24, 2.45) is 0 Å². The van der Waals surface area contributed by atoms with Crippen molar-refractivity contribution in [2.45, 2.75) is 13.0 Å². The second kappa shape index (κ2) is 8.29. The maximum absolute atomic E-state index is 13.1. The molecular weight excluding hydrogens is 374 g/mol. The van der Waals surface area contributed by atoms with E-state index in [-0.39, 0.29) is 11.7 Å². The number of amides is 1. The predicted octanol–water partition coefficient (Wildman–Crippen LogP) is 5.38. The normalized spacial score (nSPS) is 11.8. The Morgan fingerprint density at radius 1 is 0.933 bits per heavy atom. The molecule has 0 radical (unpaired) electrons. The molecule has 150 valence electrons. The Balaban J connectivity index is 1.83. The van der Waals surface area contributed by atoms with Crippen LogP contribution in [0.5, 0.6) is 11.5 Å². The Morgan fingerprint density at radius 2 is 1.70 bits per heavy atom. The maximum atomic E-state index is 13.1. The number of aromatic hydroxyl groups is 1. The molecule has 0 saturated carbocycles. The molecule has 0 spiro atoms. The standard InChI is InChI=1S/C26H23NO3/c1-17-10-12-19(13-11-17)25(27-26(29)20-7-5-8-21(16-20)30-2)24-22-9-4-3-6-18(22)14-15-23(24)28/h3-16,25,28H,1-2H3,(H,27,29)/t25-/m1/s1. The lowest BCUT2D eigenvalue weighted by atomic mass is 9.92. The smallest absolute Gasteiger partial charge is 0.252 e. The minimum Gasteiger partial charge on any atom is -0.508 e. The number of ether oxygens (including phenoxy) is 1. The lowest BCUT2D eigenvalue weighted by Gasteiger charge is -2.23. The van der Waals surface area contributed by atoms with Crippen LogP contribution >= 0.6 is 0 Å². The molecule has 2 N–H and O–H groups in total. The Bertz CT molecular complexity index is 1200. The summed E-state index contributed by atoms with van der Waals surface area (Å²) in [7, 11) is 1.57. The summed E-state index contributed by atoms with van der Waals surface area (Å²) in [5, 5.41) is 15.8. The van der Waals surface area contributed by atoms with Gasteiger partial charge in [-0.25, -0.2) is 0 Å². The number of nitrogens with one attached hydrogen (secondary N) is 1. The molecule has 4 aromatic carbocycles. The molecule has 0 aliphatic heterocycles. The van der Waals surface area contributed by atoms with Gasteiger partial charge in [-0.1, -0.05) is 66.2 Å². The molecule has 30 heavy (non-hydrogen) atoms. The third kappa shape index (κ3) is 3.85. The van der Waals surface area contributed by atoms with Gasteiger partial charge < -0.3 is 15.2 Å². The van der Waals surface area contributed by atoms with Crippen LogP contribution in [0.25, 0.3) is 10.8 Å². The summed E-state index contributed by atoms with van der Waals surface area (Å²) in [6.07, 6.45) is 0. The van der Waals surface area contributed by atoms with Crippen LogP contribution in [-0.2, 0) is 0 Å². The Morgan fingerprint density at radius 3 is 2.47 bits per heavy atom. The van der Waals surface area contributed by atoms with Crippen LogP contribution in [0.15, 0.2) is 84.9 Å². The molecule has 0 saturated heterocycles. The third-order valence-corrected chi connectivity index (χ3v) is 5.25. The van der Waals surface area contributed by atoms with E-state index in [4.69, 9.17) is 4.74 Å². The highest BCUT2D eigenvalue weighted by atomic mass is 16.5. The van der Waals surface area contributed by atoms with E-state index in [1.807, 2.05) is 61.5 Å². The number of methoxy groups -OCH3 is 1. The third-order valence-electron chi connectivity index (χ3n) is 5.25. The Labute approximate surface area is 175 Å². The van der Waals surface area contributed by atoms with Crippen LogP contribution in [0.3, 0.4) is 0 Å². The van der Waals surface area contributed by atoms with Crippen LogP contribution in [0.1, 0.15) is 33.1 Å². The Kier molecular flexibility index (Phi) is 5.40. The van der Waals surface area contributed by atoms with Gasteiger partial charge in [0.2, 0.25) is 0 Å². The molecule has 4 nitrogen and oxygen atoms in total. The number of phenolic OH excluding ortho intramolecular Hbond substituents is 1. The van der Waals surface area contributed by atoms with Crippen molar-refractivity contribution in [3.05, 3.63) is 107 Å². The van der Waals surface area contributed by atoms with Crippen LogP contribution in [0.4, 0.5) is 0 Å².